The van der Waals surface area contributed by atoms with Crippen LogP contribution in [0.15, 0.2) is 41.7 Å². The molecule has 44 heavy (non-hydrogen) atoms. The Balaban J connectivity index is 1.53. The number of aromatic nitrogens is 1. The van der Waals surface area contributed by atoms with Gasteiger partial charge in [0.05, 0.1) is 17.0 Å². The Bertz CT molecular complexity index is 1300. The lowest BCUT2D eigenvalue weighted by molar-refractivity contribution is -0.757. The Hall–Kier alpha value is -1.77. The molecule has 0 radical (unpaired) electrons. The fourth-order valence-corrected chi connectivity index (χ4v) is 11.3. The molecule has 11 atom stereocenters. The van der Waals surface area contributed by atoms with Crippen molar-refractivity contribution >= 4 is 27.9 Å². The van der Waals surface area contributed by atoms with Gasteiger partial charge in [0.25, 0.3) is 0 Å². The molecule has 5 unspecified atom stereocenters. The zero-order chi connectivity index (χ0) is 32.4. The van der Waals surface area contributed by atoms with Crippen molar-refractivity contribution in [3.63, 3.8) is 0 Å². The molecule has 7 nitrogen and oxygen atoms in total. The SMILES string of the molecule is CC(=O)O[C@H]1C[C@@]2(C)C(CC(O)C3[C@@]4(C)CC[C@@H](O)[C@@H](C)C4CC[C@@]32C)/C1=C(\CCC(Br)C(C)(C)[n+]1ccccc1)C(=O)O. The molecular formula is C36H53BrNO6+. The van der Waals surface area contributed by atoms with Gasteiger partial charge in [-0.3, -0.25) is 4.79 Å². The third kappa shape index (κ3) is 5.19. The molecule has 0 aliphatic heterocycles. The Kier molecular flexibility index (Phi) is 9.00. The number of ether oxygens (including phenoxy) is 1. The van der Waals surface area contributed by atoms with Crippen molar-refractivity contribution in [3.8, 4) is 0 Å². The predicted molar refractivity (Wildman–Crippen MR) is 172 cm³/mol. The number of alkyl halides is 1. The number of carboxylic acids is 1. The molecule has 4 aliphatic rings. The number of fused-ring (bicyclic) bond motifs is 5. The Morgan fingerprint density at radius 3 is 2.34 bits per heavy atom. The molecule has 4 saturated carbocycles. The highest BCUT2D eigenvalue weighted by Crippen LogP contribution is 2.74. The zero-order valence-corrected chi connectivity index (χ0v) is 29.1. The van der Waals surface area contributed by atoms with Gasteiger partial charge in [-0.05, 0) is 96.9 Å². The van der Waals surface area contributed by atoms with E-state index in [4.69, 9.17) is 4.74 Å². The summed E-state index contributed by atoms with van der Waals surface area (Å²) in [5, 5.41) is 33.5. The largest absolute Gasteiger partial charge is 0.478 e. The molecule has 1 heterocycles. The van der Waals surface area contributed by atoms with E-state index >= 15 is 0 Å². The van der Waals surface area contributed by atoms with Crippen molar-refractivity contribution in [1.29, 1.82) is 0 Å². The van der Waals surface area contributed by atoms with Crippen LogP contribution in [-0.4, -0.2) is 50.4 Å². The second kappa shape index (κ2) is 11.8. The van der Waals surface area contributed by atoms with E-state index in [1.807, 2.05) is 30.6 Å². The third-order valence-electron chi connectivity index (χ3n) is 13.4. The van der Waals surface area contributed by atoms with E-state index in [-0.39, 0.29) is 50.5 Å². The number of carbonyl (C=O) groups is 2. The number of carbonyl (C=O) groups excluding carboxylic acids is 1. The van der Waals surface area contributed by atoms with E-state index < -0.39 is 24.1 Å². The molecule has 3 N–H and O–H groups in total. The fourth-order valence-electron chi connectivity index (χ4n) is 10.9. The summed E-state index contributed by atoms with van der Waals surface area (Å²) in [6.07, 6.45) is 7.91. The standard InChI is InChI=1S/C36H52BrNO6/c1-21-24-13-16-35(6)31(34(24,5)15-14-26(21)40)27(41)19-25-30(28(44-22(2)39)20-36(25,35)7)23(32(42)43)11-12-29(37)33(3,4)38-17-9-8-10-18-38/h8-10,17-18,21,24-29,31,40-41H,11-16,19-20H2,1-7H3/p+1/b30-23-/t21-,24?,25?,26+,27?,28-,29?,31?,34-,35-,36-/m0/s1. The van der Waals surface area contributed by atoms with Crippen LogP contribution in [0.5, 0.6) is 0 Å². The summed E-state index contributed by atoms with van der Waals surface area (Å²) in [5.74, 6) is -1.06. The Labute approximate surface area is 271 Å². The first-order valence-electron chi connectivity index (χ1n) is 16.6. The number of carboxylic acid groups (broad SMARTS) is 1. The quantitative estimate of drug-likeness (QED) is 0.138. The lowest BCUT2D eigenvalue weighted by Crippen LogP contribution is -2.65. The highest BCUT2D eigenvalue weighted by atomic mass is 79.9. The minimum atomic E-state index is -0.973. The summed E-state index contributed by atoms with van der Waals surface area (Å²) >= 11 is 3.89. The summed E-state index contributed by atoms with van der Waals surface area (Å²) in [6, 6.07) is 5.95. The van der Waals surface area contributed by atoms with Gasteiger partial charge in [0, 0.05) is 38.5 Å². The molecule has 0 saturated heterocycles. The van der Waals surface area contributed by atoms with Gasteiger partial charge in [-0.2, -0.15) is 4.57 Å². The molecule has 1 aromatic rings. The number of rotatable bonds is 7. The van der Waals surface area contributed by atoms with Gasteiger partial charge in [-0.15, -0.1) is 0 Å². The number of aliphatic carboxylic acids is 1. The highest BCUT2D eigenvalue weighted by molar-refractivity contribution is 9.09. The number of hydrogen-bond donors (Lipinski definition) is 3. The van der Waals surface area contributed by atoms with Crippen molar-refractivity contribution in [2.45, 2.75) is 129 Å². The number of hydrogen-bond acceptors (Lipinski definition) is 5. The molecule has 8 heteroatoms. The molecular weight excluding hydrogens is 622 g/mol. The van der Waals surface area contributed by atoms with E-state index in [1.54, 1.807) is 0 Å². The van der Waals surface area contributed by atoms with Gasteiger partial charge < -0.3 is 20.1 Å². The van der Waals surface area contributed by atoms with Crippen molar-refractivity contribution in [2.24, 2.45) is 39.9 Å². The summed E-state index contributed by atoms with van der Waals surface area (Å²) in [7, 11) is 0. The number of pyridine rings is 1. The second-order valence-corrected chi connectivity index (χ2v) is 16.9. The molecule has 1 aromatic heterocycles. The van der Waals surface area contributed by atoms with Gasteiger partial charge >= 0.3 is 11.9 Å². The molecule has 4 aliphatic carbocycles. The van der Waals surface area contributed by atoms with E-state index in [0.29, 0.717) is 42.7 Å². The topological polar surface area (TPSA) is 108 Å². The average molecular weight is 676 g/mol. The third-order valence-corrected chi connectivity index (χ3v) is 15.0. The van der Waals surface area contributed by atoms with Crippen LogP contribution in [-0.2, 0) is 19.9 Å². The molecule has 4 fully saturated rings. The van der Waals surface area contributed by atoms with Crippen molar-refractivity contribution in [1.82, 2.24) is 0 Å². The van der Waals surface area contributed by atoms with Crippen LogP contribution in [0.1, 0.15) is 99.8 Å². The van der Waals surface area contributed by atoms with Crippen LogP contribution in [0.25, 0.3) is 0 Å². The van der Waals surface area contributed by atoms with E-state index in [0.717, 1.165) is 25.7 Å². The lowest BCUT2D eigenvalue weighted by atomic mass is 9.36. The minimum Gasteiger partial charge on any atom is -0.478 e. The number of aliphatic hydroxyl groups is 2. The maximum atomic E-state index is 13.1. The molecule has 244 valence electrons. The van der Waals surface area contributed by atoms with Crippen molar-refractivity contribution < 1.29 is 34.2 Å². The first-order chi connectivity index (χ1) is 20.5. The summed E-state index contributed by atoms with van der Waals surface area (Å²) < 4.78 is 8.12. The number of aliphatic hydroxyl groups excluding tert-OH is 2. The van der Waals surface area contributed by atoms with Gasteiger partial charge in [-0.1, -0.05) is 49.7 Å². The van der Waals surface area contributed by atoms with Gasteiger partial charge in [0.2, 0.25) is 0 Å². The number of halogens is 1. The first-order valence-corrected chi connectivity index (χ1v) is 17.5. The normalized spacial score (nSPS) is 42.0. The van der Waals surface area contributed by atoms with Crippen LogP contribution >= 0.6 is 15.9 Å². The van der Waals surface area contributed by atoms with E-state index in [9.17, 15) is 24.9 Å². The molecule has 0 amide bonds. The van der Waals surface area contributed by atoms with Crippen molar-refractivity contribution in [3.05, 3.63) is 41.7 Å². The highest BCUT2D eigenvalue weighted by Gasteiger charge is 2.70. The smallest absolute Gasteiger partial charge is 0.331 e. The van der Waals surface area contributed by atoms with Crippen LogP contribution in [0, 0.1) is 39.9 Å². The summed E-state index contributed by atoms with van der Waals surface area (Å²) in [5.41, 5.74) is -0.0357. The van der Waals surface area contributed by atoms with Crippen LogP contribution in [0.4, 0.5) is 0 Å². The average Bonchev–Trinajstić information content (AvgIpc) is 3.22. The Morgan fingerprint density at radius 1 is 1.07 bits per heavy atom. The molecule has 5 rings (SSSR count). The lowest BCUT2D eigenvalue weighted by Gasteiger charge is -2.69. The van der Waals surface area contributed by atoms with Gasteiger partial charge in [0.15, 0.2) is 17.9 Å². The number of nitrogens with zero attached hydrogens (tertiary/aromatic N) is 1. The maximum absolute atomic E-state index is 13.1. The maximum Gasteiger partial charge on any atom is 0.331 e. The molecule has 0 aromatic carbocycles. The monoisotopic (exact) mass is 674 g/mol. The van der Waals surface area contributed by atoms with Crippen LogP contribution in [0.2, 0.25) is 0 Å². The second-order valence-electron chi connectivity index (χ2n) is 15.8. The summed E-state index contributed by atoms with van der Waals surface area (Å²) in [4.78, 5) is 25.5. The van der Waals surface area contributed by atoms with Crippen molar-refractivity contribution in [2.75, 3.05) is 0 Å². The zero-order valence-electron chi connectivity index (χ0n) is 27.6. The molecule has 0 spiro atoms. The molecule has 0 bridgehead atoms. The van der Waals surface area contributed by atoms with E-state index in [1.165, 1.54) is 6.92 Å². The van der Waals surface area contributed by atoms with E-state index in [2.05, 4.69) is 62.0 Å². The van der Waals surface area contributed by atoms with Crippen LogP contribution in [0.3, 0.4) is 0 Å². The van der Waals surface area contributed by atoms with Gasteiger partial charge in [-0.25, -0.2) is 4.79 Å². The Morgan fingerprint density at radius 2 is 1.73 bits per heavy atom. The van der Waals surface area contributed by atoms with Gasteiger partial charge in [0.1, 0.15) is 6.10 Å². The number of esters is 1. The fraction of sp³-hybridized carbons (Fsp3) is 0.750. The first kappa shape index (κ1) is 33.6. The predicted octanol–water partition coefficient (Wildman–Crippen LogP) is 6.19. The van der Waals surface area contributed by atoms with Crippen LogP contribution < -0.4 is 4.57 Å². The summed E-state index contributed by atoms with van der Waals surface area (Å²) in [6.45, 7) is 14.7. The minimum absolute atomic E-state index is 0.0185.